The Balaban J connectivity index is 0.00000208. The molecule has 2 aliphatic rings. The van der Waals surface area contributed by atoms with Gasteiger partial charge in [0.1, 0.15) is 0 Å². The highest BCUT2D eigenvalue weighted by atomic mass is 127. The van der Waals surface area contributed by atoms with Crippen LogP contribution in [0.2, 0.25) is 0 Å². The molecule has 6 nitrogen and oxygen atoms in total. The highest BCUT2D eigenvalue weighted by Crippen LogP contribution is 2.19. The molecule has 2 saturated heterocycles. The first-order valence-corrected chi connectivity index (χ1v) is 9.55. The van der Waals surface area contributed by atoms with Gasteiger partial charge >= 0.3 is 0 Å². The van der Waals surface area contributed by atoms with Crippen LogP contribution in [0.3, 0.4) is 0 Å². The Morgan fingerprint density at radius 3 is 2.75 bits per heavy atom. The van der Waals surface area contributed by atoms with Crippen molar-refractivity contribution in [1.29, 1.82) is 0 Å². The summed E-state index contributed by atoms with van der Waals surface area (Å²) < 4.78 is 0. The van der Waals surface area contributed by atoms with Gasteiger partial charge in [0.05, 0.1) is 6.54 Å². The molecule has 1 aromatic rings. The quantitative estimate of drug-likeness (QED) is 0.420. The zero-order chi connectivity index (χ0) is 16.1. The highest BCUT2D eigenvalue weighted by Gasteiger charge is 2.20. The lowest BCUT2D eigenvalue weighted by atomic mass is 10.0. The molecule has 3 rings (SSSR count). The number of piperidine rings is 1. The minimum Gasteiger partial charge on any atom is -0.370 e. The van der Waals surface area contributed by atoms with Gasteiger partial charge in [-0.2, -0.15) is 0 Å². The summed E-state index contributed by atoms with van der Waals surface area (Å²) in [5, 5.41) is 3.14. The van der Waals surface area contributed by atoms with Crippen molar-refractivity contribution in [1.82, 2.24) is 14.8 Å². The molecular weight excluding hydrogens is 435 g/mol. The summed E-state index contributed by atoms with van der Waals surface area (Å²) in [5.41, 5.74) is 6.19. The molecule has 0 amide bonds. The maximum absolute atomic E-state index is 6.19. The van der Waals surface area contributed by atoms with Crippen LogP contribution in [0.25, 0.3) is 0 Å². The molecule has 2 N–H and O–H groups in total. The maximum Gasteiger partial charge on any atom is 0.191 e. The molecule has 8 heteroatoms. The summed E-state index contributed by atoms with van der Waals surface area (Å²) in [6.45, 7) is 9.15. The SMILES string of the molecule is CC1CCCCN1CCN=C(N)N1CCN(c2nccs2)CC1.I. The van der Waals surface area contributed by atoms with Gasteiger partial charge in [0.15, 0.2) is 11.1 Å². The number of anilines is 1. The van der Waals surface area contributed by atoms with E-state index in [-0.39, 0.29) is 24.0 Å². The van der Waals surface area contributed by atoms with Gasteiger partial charge < -0.3 is 15.5 Å². The first-order valence-electron chi connectivity index (χ1n) is 8.67. The van der Waals surface area contributed by atoms with Crippen molar-refractivity contribution in [2.75, 3.05) is 50.7 Å². The summed E-state index contributed by atoms with van der Waals surface area (Å²) in [4.78, 5) is 16.1. The van der Waals surface area contributed by atoms with Crippen molar-refractivity contribution < 1.29 is 0 Å². The molecule has 1 unspecified atom stereocenters. The lowest BCUT2D eigenvalue weighted by molar-refractivity contribution is 0.165. The van der Waals surface area contributed by atoms with Gasteiger partial charge in [-0.15, -0.1) is 35.3 Å². The maximum atomic E-state index is 6.19. The first kappa shape index (κ1) is 19.7. The molecule has 0 spiro atoms. The van der Waals surface area contributed by atoms with Gasteiger partial charge in [0.2, 0.25) is 0 Å². The van der Waals surface area contributed by atoms with Crippen molar-refractivity contribution in [2.24, 2.45) is 10.7 Å². The molecule has 0 aromatic carbocycles. The Labute approximate surface area is 166 Å². The number of aromatic nitrogens is 1. The number of hydrogen-bond donors (Lipinski definition) is 1. The number of thiazole rings is 1. The van der Waals surface area contributed by atoms with Crippen molar-refractivity contribution in [3.8, 4) is 0 Å². The summed E-state index contributed by atoms with van der Waals surface area (Å²) in [7, 11) is 0. The van der Waals surface area contributed by atoms with E-state index >= 15 is 0 Å². The predicted molar refractivity (Wildman–Crippen MR) is 113 cm³/mol. The van der Waals surface area contributed by atoms with E-state index in [1.807, 2.05) is 11.6 Å². The van der Waals surface area contributed by atoms with Gasteiger partial charge in [0, 0.05) is 50.3 Å². The molecule has 1 aromatic heterocycles. The summed E-state index contributed by atoms with van der Waals surface area (Å²) in [6, 6.07) is 0.696. The highest BCUT2D eigenvalue weighted by molar-refractivity contribution is 14.0. The van der Waals surface area contributed by atoms with Crippen molar-refractivity contribution >= 4 is 46.4 Å². The van der Waals surface area contributed by atoms with E-state index in [0.29, 0.717) is 12.0 Å². The smallest absolute Gasteiger partial charge is 0.191 e. The van der Waals surface area contributed by atoms with Gasteiger partial charge in [-0.3, -0.25) is 9.89 Å². The average molecular weight is 464 g/mol. The molecular formula is C16H29IN6S. The number of rotatable bonds is 4. The normalized spacial score (nSPS) is 23.2. The second kappa shape index (κ2) is 9.76. The van der Waals surface area contributed by atoms with E-state index in [1.165, 1.54) is 25.8 Å². The predicted octanol–water partition coefficient (Wildman–Crippen LogP) is 2.07. The Bertz CT molecular complexity index is 501. The Morgan fingerprint density at radius 2 is 2.08 bits per heavy atom. The summed E-state index contributed by atoms with van der Waals surface area (Å²) in [5.74, 6) is 0.702. The van der Waals surface area contributed by atoms with E-state index in [1.54, 1.807) is 11.3 Å². The second-order valence-electron chi connectivity index (χ2n) is 6.41. The minimum absolute atomic E-state index is 0. The summed E-state index contributed by atoms with van der Waals surface area (Å²) in [6.07, 6.45) is 5.87. The fourth-order valence-corrected chi connectivity index (χ4v) is 4.08. The monoisotopic (exact) mass is 464 g/mol. The Morgan fingerprint density at radius 1 is 1.29 bits per heavy atom. The molecule has 0 aliphatic carbocycles. The number of nitrogens with two attached hydrogens (primary N) is 1. The fourth-order valence-electron chi connectivity index (χ4n) is 3.38. The van der Waals surface area contributed by atoms with Gasteiger partial charge in [-0.05, 0) is 26.3 Å². The first-order chi connectivity index (χ1) is 11.2. The van der Waals surface area contributed by atoms with Crippen LogP contribution in [0.15, 0.2) is 16.6 Å². The van der Waals surface area contributed by atoms with Crippen molar-refractivity contribution in [2.45, 2.75) is 32.2 Å². The lowest BCUT2D eigenvalue weighted by Gasteiger charge is -2.35. The average Bonchev–Trinajstić information content (AvgIpc) is 3.11. The number of aliphatic imine (C=N–C) groups is 1. The Hall–Kier alpha value is -0.610. The number of likely N-dealkylation sites (tertiary alicyclic amines) is 1. The molecule has 0 bridgehead atoms. The number of halogens is 1. The largest absolute Gasteiger partial charge is 0.370 e. The van der Waals surface area contributed by atoms with Crippen LogP contribution in [0, 0.1) is 0 Å². The van der Waals surface area contributed by atoms with E-state index < -0.39 is 0 Å². The number of guanidine groups is 1. The molecule has 2 fully saturated rings. The fraction of sp³-hybridized carbons (Fsp3) is 0.750. The van der Waals surface area contributed by atoms with E-state index in [2.05, 4.69) is 31.6 Å². The topological polar surface area (TPSA) is 61.0 Å². The number of nitrogens with zero attached hydrogens (tertiary/aromatic N) is 5. The van der Waals surface area contributed by atoms with Crippen LogP contribution in [0.5, 0.6) is 0 Å². The van der Waals surface area contributed by atoms with Gasteiger partial charge in [-0.25, -0.2) is 4.98 Å². The third-order valence-electron chi connectivity index (χ3n) is 4.90. The third-order valence-corrected chi connectivity index (χ3v) is 5.73. The van der Waals surface area contributed by atoms with Crippen LogP contribution in [0.1, 0.15) is 26.2 Å². The second-order valence-corrected chi connectivity index (χ2v) is 7.28. The molecule has 1 atom stereocenters. The van der Waals surface area contributed by atoms with Gasteiger partial charge in [0.25, 0.3) is 0 Å². The molecule has 0 radical (unpaired) electrons. The number of piperazine rings is 1. The summed E-state index contributed by atoms with van der Waals surface area (Å²) >= 11 is 1.70. The molecule has 3 heterocycles. The molecule has 0 saturated carbocycles. The molecule has 2 aliphatic heterocycles. The van der Waals surface area contributed by atoms with E-state index in [9.17, 15) is 0 Å². The van der Waals surface area contributed by atoms with Crippen molar-refractivity contribution in [3.63, 3.8) is 0 Å². The minimum atomic E-state index is 0. The molecule has 136 valence electrons. The zero-order valence-electron chi connectivity index (χ0n) is 14.4. The van der Waals surface area contributed by atoms with Crippen LogP contribution in [-0.2, 0) is 0 Å². The third kappa shape index (κ3) is 5.19. The van der Waals surface area contributed by atoms with Crippen LogP contribution in [0.4, 0.5) is 5.13 Å². The van der Waals surface area contributed by atoms with Crippen LogP contribution < -0.4 is 10.6 Å². The van der Waals surface area contributed by atoms with E-state index in [4.69, 9.17) is 5.73 Å². The Kier molecular flexibility index (Phi) is 8.02. The molecule has 24 heavy (non-hydrogen) atoms. The van der Waals surface area contributed by atoms with Crippen LogP contribution >= 0.6 is 35.3 Å². The zero-order valence-corrected chi connectivity index (χ0v) is 17.6. The van der Waals surface area contributed by atoms with E-state index in [0.717, 1.165) is 44.4 Å². The van der Waals surface area contributed by atoms with Crippen LogP contribution in [-0.4, -0.2) is 72.6 Å². The van der Waals surface area contributed by atoms with Gasteiger partial charge in [-0.1, -0.05) is 6.42 Å². The number of hydrogen-bond acceptors (Lipinski definition) is 5. The van der Waals surface area contributed by atoms with Crippen molar-refractivity contribution in [3.05, 3.63) is 11.6 Å². The lowest BCUT2D eigenvalue weighted by Crippen LogP contribution is -2.51. The standard InChI is InChI=1S/C16H28N6S.HI/c1-14-4-2-3-7-20(14)8-5-18-15(17)21-9-11-22(12-10-21)16-19-6-13-23-16;/h6,13-14H,2-5,7-12H2,1H3,(H2,17,18);1H.